The fraction of sp³-hybridized carbons (Fsp3) is 0.368. The second kappa shape index (κ2) is 8.49. The molecule has 3 heterocycles. The summed E-state index contributed by atoms with van der Waals surface area (Å²) in [4.78, 5) is 23.3. The molecule has 8 nitrogen and oxygen atoms in total. The van der Waals surface area contributed by atoms with E-state index in [1.165, 1.54) is 6.33 Å². The van der Waals surface area contributed by atoms with Gasteiger partial charge < -0.3 is 15.0 Å². The van der Waals surface area contributed by atoms with E-state index in [1.54, 1.807) is 22.3 Å². The highest BCUT2D eigenvalue weighted by Crippen LogP contribution is 2.28. The minimum absolute atomic E-state index is 0.0495. The maximum absolute atomic E-state index is 12.4. The molecule has 3 aromatic rings. The highest BCUT2D eigenvalue weighted by molar-refractivity contribution is 7.14. The molecule has 0 aliphatic carbocycles. The molecule has 1 saturated heterocycles. The third kappa shape index (κ3) is 4.37. The highest BCUT2D eigenvalue weighted by Gasteiger charge is 2.16. The molecule has 1 N–H and O–H groups in total. The van der Waals surface area contributed by atoms with Crippen LogP contribution in [0.3, 0.4) is 0 Å². The summed E-state index contributed by atoms with van der Waals surface area (Å²) in [6.45, 7) is 5.62. The van der Waals surface area contributed by atoms with Gasteiger partial charge in [-0.15, -0.1) is 11.3 Å². The van der Waals surface area contributed by atoms with Crippen LogP contribution < -0.4 is 10.2 Å². The number of morpholine rings is 1. The van der Waals surface area contributed by atoms with Crippen LogP contribution in [0.4, 0.5) is 10.8 Å². The van der Waals surface area contributed by atoms with E-state index in [2.05, 4.69) is 25.7 Å². The molecule has 0 spiro atoms. The Morgan fingerprint density at radius 1 is 1.29 bits per heavy atom. The second-order valence-corrected chi connectivity index (χ2v) is 7.54. The summed E-state index contributed by atoms with van der Waals surface area (Å²) < 4.78 is 7.05. The quantitative estimate of drug-likeness (QED) is 0.687. The van der Waals surface area contributed by atoms with E-state index in [4.69, 9.17) is 9.72 Å². The summed E-state index contributed by atoms with van der Waals surface area (Å²) in [5.74, 6) is -0.262. The average Bonchev–Trinajstić information content (AvgIpc) is 3.41. The van der Waals surface area contributed by atoms with Crippen LogP contribution in [0.1, 0.15) is 6.92 Å². The van der Waals surface area contributed by atoms with Crippen LogP contribution in [0.25, 0.3) is 11.3 Å². The fourth-order valence-electron chi connectivity index (χ4n) is 2.98. The van der Waals surface area contributed by atoms with Gasteiger partial charge in [-0.2, -0.15) is 5.10 Å². The van der Waals surface area contributed by atoms with E-state index in [9.17, 15) is 4.79 Å². The molecule has 28 heavy (non-hydrogen) atoms. The van der Waals surface area contributed by atoms with Crippen LogP contribution in [0.2, 0.25) is 0 Å². The summed E-state index contributed by atoms with van der Waals surface area (Å²) in [6, 6.07) is 7.78. The summed E-state index contributed by atoms with van der Waals surface area (Å²) in [5, 5.41) is 10.1. The Bertz CT molecular complexity index is 903. The largest absolute Gasteiger partial charge is 0.378 e. The number of ether oxygens (including phenoxy) is 1. The van der Waals surface area contributed by atoms with Gasteiger partial charge in [-0.3, -0.25) is 9.48 Å². The van der Waals surface area contributed by atoms with Crippen molar-refractivity contribution in [1.29, 1.82) is 0 Å². The molecule has 0 saturated carbocycles. The molecule has 2 aromatic heterocycles. The van der Waals surface area contributed by atoms with Gasteiger partial charge in [-0.05, 0) is 12.1 Å². The summed E-state index contributed by atoms with van der Waals surface area (Å²) >= 11 is 1.65. The van der Waals surface area contributed by atoms with Crippen LogP contribution in [0, 0.1) is 5.92 Å². The number of amides is 1. The zero-order valence-corrected chi connectivity index (χ0v) is 16.4. The predicted octanol–water partition coefficient (Wildman–Crippen LogP) is 2.51. The molecule has 0 bridgehead atoms. The molecule has 1 atom stereocenters. The summed E-state index contributed by atoms with van der Waals surface area (Å²) in [7, 11) is 0. The molecule has 1 fully saturated rings. The molecule has 9 heteroatoms. The minimum Gasteiger partial charge on any atom is -0.378 e. The lowest BCUT2D eigenvalue weighted by Gasteiger charge is -2.26. The van der Waals surface area contributed by atoms with E-state index in [0.717, 1.165) is 48.4 Å². The molecule has 0 radical (unpaired) electrons. The van der Waals surface area contributed by atoms with E-state index < -0.39 is 0 Å². The molecular formula is C19H22N6O2S. The Hall–Kier alpha value is -2.78. The van der Waals surface area contributed by atoms with E-state index in [-0.39, 0.29) is 11.8 Å². The Morgan fingerprint density at radius 2 is 2.07 bits per heavy atom. The standard InChI is InChI=1S/C19H22N6O2S/c1-14(10-25-13-20-12-21-25)18(26)22-16-4-2-15(3-5-16)17-11-28-19(23-17)24-6-8-27-9-7-24/h2-5,11-14H,6-10H2,1H3,(H,22,26)/t14-/m1/s1. The Morgan fingerprint density at radius 3 is 2.79 bits per heavy atom. The topological polar surface area (TPSA) is 85.2 Å². The zero-order valence-electron chi connectivity index (χ0n) is 15.6. The van der Waals surface area contributed by atoms with Crippen molar-refractivity contribution in [2.75, 3.05) is 36.5 Å². The third-order valence-corrected chi connectivity index (χ3v) is 5.50. The molecule has 146 valence electrons. The van der Waals surface area contributed by atoms with Gasteiger partial charge >= 0.3 is 0 Å². The number of nitrogens with one attached hydrogen (secondary N) is 1. The number of carbonyl (C=O) groups is 1. The third-order valence-electron chi connectivity index (χ3n) is 4.60. The number of hydrogen-bond acceptors (Lipinski definition) is 7. The van der Waals surface area contributed by atoms with Crippen molar-refractivity contribution in [3.63, 3.8) is 0 Å². The lowest BCUT2D eigenvalue weighted by Crippen LogP contribution is -2.36. The first-order valence-electron chi connectivity index (χ1n) is 9.21. The average molecular weight is 398 g/mol. The molecule has 0 unspecified atom stereocenters. The Labute approximate surface area is 167 Å². The van der Waals surface area contributed by atoms with Crippen LogP contribution in [0.5, 0.6) is 0 Å². The second-order valence-electron chi connectivity index (χ2n) is 6.70. The highest BCUT2D eigenvalue weighted by atomic mass is 32.1. The molecule has 1 aliphatic heterocycles. The van der Waals surface area contributed by atoms with Crippen molar-refractivity contribution >= 4 is 28.1 Å². The van der Waals surface area contributed by atoms with E-state index >= 15 is 0 Å². The van der Waals surface area contributed by atoms with Crippen LogP contribution in [0.15, 0.2) is 42.3 Å². The first-order valence-corrected chi connectivity index (χ1v) is 10.1. The van der Waals surface area contributed by atoms with Gasteiger partial charge in [0.2, 0.25) is 5.91 Å². The van der Waals surface area contributed by atoms with Gasteiger partial charge in [0, 0.05) is 29.7 Å². The van der Waals surface area contributed by atoms with Crippen molar-refractivity contribution in [3.05, 3.63) is 42.3 Å². The maximum Gasteiger partial charge on any atom is 0.229 e. The number of benzene rings is 1. The van der Waals surface area contributed by atoms with E-state index in [1.807, 2.05) is 31.2 Å². The number of aromatic nitrogens is 4. The van der Waals surface area contributed by atoms with E-state index in [0.29, 0.717) is 6.54 Å². The molecule has 1 aliphatic rings. The molecule has 4 rings (SSSR count). The monoisotopic (exact) mass is 398 g/mol. The summed E-state index contributed by atoms with van der Waals surface area (Å²) in [5.41, 5.74) is 2.75. The Kier molecular flexibility index (Phi) is 5.63. The molecular weight excluding hydrogens is 376 g/mol. The predicted molar refractivity (Wildman–Crippen MR) is 108 cm³/mol. The molecule has 1 aromatic carbocycles. The zero-order chi connectivity index (χ0) is 19.3. The van der Waals surface area contributed by atoms with Crippen molar-refractivity contribution in [2.24, 2.45) is 5.92 Å². The fourth-order valence-corrected chi connectivity index (χ4v) is 3.87. The number of anilines is 2. The summed E-state index contributed by atoms with van der Waals surface area (Å²) in [6.07, 6.45) is 3.07. The van der Waals surface area contributed by atoms with Gasteiger partial charge in [0.05, 0.1) is 31.4 Å². The van der Waals surface area contributed by atoms with Crippen LogP contribution in [-0.2, 0) is 16.1 Å². The lowest BCUT2D eigenvalue weighted by molar-refractivity contribution is -0.119. The van der Waals surface area contributed by atoms with Gasteiger partial charge in [0.1, 0.15) is 12.7 Å². The van der Waals surface area contributed by atoms with Crippen LogP contribution in [-0.4, -0.2) is 52.0 Å². The van der Waals surface area contributed by atoms with Gasteiger partial charge in [0.15, 0.2) is 5.13 Å². The van der Waals surface area contributed by atoms with Crippen molar-refractivity contribution in [3.8, 4) is 11.3 Å². The van der Waals surface area contributed by atoms with Gasteiger partial charge in [-0.25, -0.2) is 9.97 Å². The number of rotatable bonds is 6. The first kappa shape index (κ1) is 18.6. The van der Waals surface area contributed by atoms with Crippen molar-refractivity contribution in [1.82, 2.24) is 19.7 Å². The lowest BCUT2D eigenvalue weighted by atomic mass is 10.1. The smallest absolute Gasteiger partial charge is 0.229 e. The van der Waals surface area contributed by atoms with Crippen LogP contribution >= 0.6 is 11.3 Å². The van der Waals surface area contributed by atoms with Gasteiger partial charge in [0.25, 0.3) is 0 Å². The van der Waals surface area contributed by atoms with Crippen molar-refractivity contribution in [2.45, 2.75) is 13.5 Å². The SMILES string of the molecule is C[C@H](Cn1cncn1)C(=O)Nc1ccc(-c2csc(N3CCOCC3)n2)cc1. The first-order chi connectivity index (χ1) is 13.7. The number of nitrogens with zero attached hydrogens (tertiary/aromatic N) is 5. The number of hydrogen-bond donors (Lipinski definition) is 1. The molecule has 1 amide bonds. The number of carbonyl (C=O) groups excluding carboxylic acids is 1. The number of thiazole rings is 1. The minimum atomic E-state index is -0.212. The van der Waals surface area contributed by atoms with Gasteiger partial charge in [-0.1, -0.05) is 19.1 Å². The maximum atomic E-state index is 12.4. The van der Waals surface area contributed by atoms with Crippen molar-refractivity contribution < 1.29 is 9.53 Å². The Balaban J connectivity index is 1.37. The normalized spacial score (nSPS) is 15.4.